The van der Waals surface area contributed by atoms with Crippen LogP contribution in [0.5, 0.6) is 0 Å². The summed E-state index contributed by atoms with van der Waals surface area (Å²) in [5.74, 6) is 0. The normalized spacial score (nSPS) is 19.2. The topological polar surface area (TPSA) is 34.6 Å². The van der Waals surface area contributed by atoms with Crippen LogP contribution in [-0.4, -0.2) is 32.2 Å². The lowest BCUT2D eigenvalue weighted by molar-refractivity contribution is 1.02. The van der Waals surface area contributed by atoms with Gasteiger partial charge in [-0.3, -0.25) is 0 Å². The second-order valence-electron chi connectivity index (χ2n) is 7.34. The van der Waals surface area contributed by atoms with Crippen LogP contribution >= 0.6 is 47.0 Å². The SMILES string of the molecule is PC1=C2C=CC(=N2)C(P)=c2ccc3[n]2[Al]([Cl])[n]2c1ccc2C(P)=C1C=CC(=N1)C=3P. The Balaban J connectivity index is 1.90. The zero-order valence-electron chi connectivity index (χ0n) is 15.7. The fourth-order valence-electron chi connectivity index (χ4n) is 4.20. The molecule has 0 amide bonds. The maximum atomic E-state index is 7.44. The van der Waals surface area contributed by atoms with Crippen LogP contribution in [0.3, 0.4) is 0 Å². The minimum absolute atomic E-state index is 0.948. The first-order valence-electron chi connectivity index (χ1n) is 9.32. The summed E-state index contributed by atoms with van der Waals surface area (Å²) < 4.78 is 4.60. The van der Waals surface area contributed by atoms with Crippen LogP contribution < -0.4 is 10.7 Å². The molecule has 0 fully saturated rings. The summed E-state index contributed by atoms with van der Waals surface area (Å²) in [6.07, 6.45) is 8.29. The summed E-state index contributed by atoms with van der Waals surface area (Å²) in [7, 11) is 18.9. The van der Waals surface area contributed by atoms with Gasteiger partial charge >= 0.3 is 13.7 Å². The van der Waals surface area contributed by atoms with Crippen LogP contribution in [0.4, 0.5) is 0 Å². The molecule has 2 aromatic heterocycles. The van der Waals surface area contributed by atoms with Gasteiger partial charge in [-0.05, 0) is 48.6 Å². The first-order chi connectivity index (χ1) is 14.5. The molecule has 0 spiro atoms. The molecule has 0 radical (unpaired) electrons. The van der Waals surface area contributed by atoms with Crippen molar-refractivity contribution in [1.82, 2.24) is 7.10 Å². The van der Waals surface area contributed by atoms with Gasteiger partial charge in [0.15, 0.2) is 0 Å². The van der Waals surface area contributed by atoms with E-state index in [9.17, 15) is 0 Å². The number of aliphatic imine (C=N–C) groups is 2. The molecule has 0 saturated carbocycles. The number of fused-ring (bicyclic) bond motifs is 2. The molecular formula is C20H16AlClN4P4. The van der Waals surface area contributed by atoms with Crippen molar-refractivity contribution < 1.29 is 0 Å². The number of halogens is 1. The number of nitrogens with zero attached hydrogens (tertiary/aromatic N) is 4. The fourth-order valence-corrected chi connectivity index (χ4v) is 9.69. The van der Waals surface area contributed by atoms with E-state index in [2.05, 4.69) is 92.6 Å². The first-order valence-corrected chi connectivity index (χ1v) is 14.4. The van der Waals surface area contributed by atoms with Gasteiger partial charge in [0.25, 0.3) is 0 Å². The summed E-state index contributed by atoms with van der Waals surface area (Å²) in [5, 5.41) is 6.32. The quantitative estimate of drug-likeness (QED) is 0.396. The Labute approximate surface area is 191 Å². The molecule has 4 aliphatic rings. The van der Waals surface area contributed by atoms with Crippen molar-refractivity contribution >= 4 is 93.4 Å². The molecule has 0 aliphatic carbocycles. The summed E-state index contributed by atoms with van der Waals surface area (Å²) in [5.41, 5.74) is 5.93. The van der Waals surface area contributed by atoms with E-state index in [1.807, 2.05) is 0 Å². The molecule has 6 heterocycles. The average Bonchev–Trinajstić information content (AvgIpc) is 3.53. The Morgan fingerprint density at radius 1 is 0.633 bits per heavy atom. The third-order valence-corrected chi connectivity index (χ3v) is 11.3. The van der Waals surface area contributed by atoms with Gasteiger partial charge in [0, 0.05) is 43.3 Å². The highest BCUT2D eigenvalue weighted by molar-refractivity contribution is 7.35. The lowest BCUT2D eigenvalue weighted by atomic mass is 10.3. The molecule has 0 aromatic carbocycles. The van der Waals surface area contributed by atoms with Gasteiger partial charge in [-0.15, -0.1) is 37.0 Å². The molecular weight excluding hydrogens is 483 g/mol. The molecule has 4 unspecified atom stereocenters. The van der Waals surface area contributed by atoms with Gasteiger partial charge in [-0.25, -0.2) is 9.98 Å². The van der Waals surface area contributed by atoms with E-state index in [0.29, 0.717) is 0 Å². The smallest absolute Gasteiger partial charge is 0.401 e. The third kappa shape index (κ3) is 2.68. The highest BCUT2D eigenvalue weighted by Gasteiger charge is 2.34. The van der Waals surface area contributed by atoms with E-state index in [4.69, 9.17) is 20.0 Å². The van der Waals surface area contributed by atoms with Gasteiger partial charge in [0.1, 0.15) is 0 Å². The Hall–Kier alpha value is -0.858. The highest BCUT2D eigenvalue weighted by atomic mass is 35.6. The summed E-state index contributed by atoms with van der Waals surface area (Å²) >= 11 is -2.24. The average molecular weight is 499 g/mol. The van der Waals surface area contributed by atoms with Crippen molar-refractivity contribution in [3.8, 4) is 0 Å². The Kier molecular flexibility index (Phi) is 4.67. The molecule has 0 saturated heterocycles. The van der Waals surface area contributed by atoms with E-state index in [-0.39, 0.29) is 0 Å². The summed E-state index contributed by atoms with van der Waals surface area (Å²) in [4.78, 5) is 9.81. The number of rotatable bonds is 0. The summed E-state index contributed by atoms with van der Waals surface area (Å²) in [6.45, 7) is 0. The van der Waals surface area contributed by atoms with E-state index in [1.54, 1.807) is 0 Å². The van der Waals surface area contributed by atoms with Crippen molar-refractivity contribution in [1.29, 1.82) is 0 Å². The number of allylic oxidation sites excluding steroid dienone is 4. The van der Waals surface area contributed by atoms with Gasteiger partial charge in [-0.1, -0.05) is 0 Å². The van der Waals surface area contributed by atoms with Crippen LogP contribution in [0.15, 0.2) is 69.9 Å². The molecule has 30 heavy (non-hydrogen) atoms. The largest absolute Gasteiger partial charge is 0.717 e. The minimum atomic E-state index is -2.24. The van der Waals surface area contributed by atoms with E-state index in [1.165, 1.54) is 0 Å². The van der Waals surface area contributed by atoms with Gasteiger partial charge < -0.3 is 7.10 Å². The third-order valence-electron chi connectivity index (χ3n) is 5.75. The molecule has 4 aliphatic heterocycles. The maximum absolute atomic E-state index is 7.44. The van der Waals surface area contributed by atoms with Gasteiger partial charge in [-0.2, -0.15) is 10.0 Å². The zero-order valence-corrected chi connectivity index (χ0v) is 22.2. The number of hydrogen-bond donors (Lipinski definition) is 0. The van der Waals surface area contributed by atoms with Crippen LogP contribution in [-0.2, 0) is 0 Å². The fraction of sp³-hybridized carbons (Fsp3) is 0. The van der Waals surface area contributed by atoms with Crippen molar-refractivity contribution in [2.75, 3.05) is 0 Å². The van der Waals surface area contributed by atoms with E-state index in [0.717, 1.165) is 66.2 Å². The minimum Gasteiger partial charge on any atom is -0.401 e. The summed E-state index contributed by atoms with van der Waals surface area (Å²) in [6, 6.07) is 8.56. The molecule has 4 nitrogen and oxygen atoms in total. The second-order valence-corrected chi connectivity index (χ2v) is 12.5. The van der Waals surface area contributed by atoms with Gasteiger partial charge in [0.05, 0.1) is 22.8 Å². The Morgan fingerprint density at radius 3 is 1.57 bits per heavy atom. The Morgan fingerprint density at radius 2 is 1.10 bits per heavy atom. The standard InChI is InChI=1S/C20H16N4P4.Al.ClH/c25-17-9-1-2-10(21-9)18(26)12-5-6-14(23-12)20(28)16-8-7-15(24-16)19(27)13-4-3-11(17)22-13;;/h1-8H,25-28H2;;1H/q-2;+3;/p-1. The molecule has 6 bridgehead atoms. The van der Waals surface area contributed by atoms with E-state index < -0.39 is 13.7 Å². The maximum Gasteiger partial charge on any atom is 0.717 e. The monoisotopic (exact) mass is 498 g/mol. The lowest BCUT2D eigenvalue weighted by Crippen LogP contribution is -2.45. The van der Waals surface area contributed by atoms with Crippen LogP contribution in [0.1, 0.15) is 11.4 Å². The van der Waals surface area contributed by atoms with Crippen molar-refractivity contribution in [3.05, 3.63) is 82.0 Å². The number of hydrogen-bond acceptors (Lipinski definition) is 2. The molecule has 10 heteroatoms. The molecule has 146 valence electrons. The van der Waals surface area contributed by atoms with Crippen LogP contribution in [0, 0.1) is 0 Å². The molecule has 0 N–H and O–H groups in total. The molecule has 4 atom stereocenters. The second kappa shape index (κ2) is 7.07. The van der Waals surface area contributed by atoms with Crippen molar-refractivity contribution in [2.24, 2.45) is 9.98 Å². The highest BCUT2D eigenvalue weighted by Crippen LogP contribution is 2.38. The van der Waals surface area contributed by atoms with E-state index >= 15 is 0 Å². The molecule has 6 rings (SSSR count). The number of aromatic nitrogens is 2. The van der Waals surface area contributed by atoms with Crippen molar-refractivity contribution in [3.63, 3.8) is 0 Å². The van der Waals surface area contributed by atoms with Crippen molar-refractivity contribution in [2.45, 2.75) is 0 Å². The zero-order chi connectivity index (χ0) is 20.7. The predicted octanol–water partition coefficient (Wildman–Crippen LogP) is 3.01. The first kappa shape index (κ1) is 19.8. The molecule has 2 aromatic rings. The van der Waals surface area contributed by atoms with Gasteiger partial charge in [0.2, 0.25) is 0 Å². The van der Waals surface area contributed by atoms with Crippen LogP contribution in [0.2, 0.25) is 0 Å². The Bertz CT molecular complexity index is 1390. The van der Waals surface area contributed by atoms with Crippen LogP contribution in [0.25, 0.3) is 21.3 Å². The lowest BCUT2D eigenvalue weighted by Gasteiger charge is -2.21. The predicted molar refractivity (Wildman–Crippen MR) is 143 cm³/mol.